The summed E-state index contributed by atoms with van der Waals surface area (Å²) in [5, 5.41) is 9.50. The number of aliphatic hydroxyl groups is 1. The van der Waals surface area contributed by atoms with Crippen LogP contribution >= 0.6 is 0 Å². The Morgan fingerprint density at radius 3 is 2.13 bits per heavy atom. The van der Waals surface area contributed by atoms with Crippen LogP contribution in [0.5, 0.6) is 0 Å². The molecule has 0 heterocycles. The molecule has 92 valence electrons. The van der Waals surface area contributed by atoms with Gasteiger partial charge in [-0.05, 0) is 0 Å². The van der Waals surface area contributed by atoms with Crippen LogP contribution in [0.1, 0.15) is 32.6 Å². The Kier molecular flexibility index (Phi) is 4.25. The van der Waals surface area contributed by atoms with Gasteiger partial charge in [0.1, 0.15) is 0 Å². The van der Waals surface area contributed by atoms with E-state index in [1.165, 1.54) is 0 Å². The summed E-state index contributed by atoms with van der Waals surface area (Å²) in [4.78, 5) is 0. The van der Waals surface area contributed by atoms with Crippen molar-refractivity contribution in [1.82, 2.24) is 0 Å². The third-order valence-corrected chi connectivity index (χ3v) is 5.14. The van der Waals surface area contributed by atoms with Crippen LogP contribution in [0.2, 0.25) is 0 Å². The molecular weight excluding hydrogens is 327 g/mol. The van der Waals surface area contributed by atoms with Crippen LogP contribution in [0.15, 0.2) is 0 Å². The van der Waals surface area contributed by atoms with Crippen LogP contribution in [-0.4, -0.2) is 14.9 Å². The summed E-state index contributed by atoms with van der Waals surface area (Å²) in [6.07, 6.45) is -2.38. The maximum absolute atomic E-state index is 12.6. The van der Waals surface area contributed by atoms with Gasteiger partial charge in [-0.3, -0.25) is 0 Å². The molecule has 0 saturated heterocycles. The van der Waals surface area contributed by atoms with E-state index in [1.54, 1.807) is 6.92 Å². The molecule has 15 heavy (non-hydrogen) atoms. The van der Waals surface area contributed by atoms with Crippen molar-refractivity contribution in [3.63, 3.8) is 0 Å². The van der Waals surface area contributed by atoms with Gasteiger partial charge in [0.25, 0.3) is 0 Å². The van der Waals surface area contributed by atoms with E-state index >= 15 is 0 Å². The SMILES string of the molecule is CC1CCCCC1C(O)([I-]F)C(F)(F)F. The molecule has 0 bridgehead atoms. The summed E-state index contributed by atoms with van der Waals surface area (Å²) in [5.74, 6) is -1.20. The zero-order valence-electron chi connectivity index (χ0n) is 8.32. The number of rotatable bonds is 2. The van der Waals surface area contributed by atoms with Crippen LogP contribution in [-0.2, 0) is 0 Å². The van der Waals surface area contributed by atoms with Crippen molar-refractivity contribution in [1.29, 1.82) is 0 Å². The van der Waals surface area contributed by atoms with Gasteiger partial charge in [-0.25, -0.2) is 0 Å². The van der Waals surface area contributed by atoms with Crippen LogP contribution < -0.4 is 21.8 Å². The first-order valence-corrected chi connectivity index (χ1v) is 6.78. The van der Waals surface area contributed by atoms with E-state index in [9.17, 15) is 21.1 Å². The Hall–Kier alpha value is 0.410. The van der Waals surface area contributed by atoms with Gasteiger partial charge < -0.3 is 0 Å². The Bertz CT molecular complexity index is 221. The molecule has 0 spiro atoms. The van der Waals surface area contributed by atoms with Gasteiger partial charge in [0.2, 0.25) is 0 Å². The minimum atomic E-state index is -4.83. The van der Waals surface area contributed by atoms with E-state index < -0.39 is 37.5 Å². The average molecular weight is 341 g/mol. The normalized spacial score (nSPS) is 32.7. The third-order valence-electron chi connectivity index (χ3n) is 3.11. The van der Waals surface area contributed by atoms with Crippen molar-refractivity contribution in [3.8, 4) is 0 Å². The molecule has 0 aromatic carbocycles. The second kappa shape index (κ2) is 4.73. The summed E-state index contributed by atoms with van der Waals surface area (Å²) in [5.41, 5.74) is 0. The Morgan fingerprint density at radius 2 is 1.73 bits per heavy atom. The predicted octanol–water partition coefficient (Wildman–Crippen LogP) is 0.0371. The standard InChI is InChI=1S/C9H14F4IO/c1-6-4-2-3-5-7(6)8(15,14-13)9(10,11)12/h6-7,15H,2-5H2,1H3/q-1. The summed E-state index contributed by atoms with van der Waals surface area (Å²) in [6, 6.07) is 0. The monoisotopic (exact) mass is 341 g/mol. The Labute approximate surface area is 97.3 Å². The molecule has 3 unspecified atom stereocenters. The predicted molar refractivity (Wildman–Crippen MR) is 43.2 cm³/mol. The Morgan fingerprint density at radius 1 is 1.20 bits per heavy atom. The van der Waals surface area contributed by atoms with Crippen molar-refractivity contribution >= 4 is 0 Å². The zero-order chi connectivity index (χ0) is 11.7. The fraction of sp³-hybridized carbons (Fsp3) is 1.00. The maximum atomic E-state index is 12.6. The van der Waals surface area contributed by atoms with Gasteiger partial charge in [-0.2, -0.15) is 0 Å². The van der Waals surface area contributed by atoms with E-state index in [1.807, 2.05) is 0 Å². The molecule has 1 nitrogen and oxygen atoms in total. The fourth-order valence-electron chi connectivity index (χ4n) is 2.19. The molecule has 1 saturated carbocycles. The molecule has 0 amide bonds. The first-order chi connectivity index (χ1) is 6.83. The van der Waals surface area contributed by atoms with Gasteiger partial charge in [-0.15, -0.1) is 0 Å². The molecule has 3 atom stereocenters. The van der Waals surface area contributed by atoms with Crippen LogP contribution in [0.4, 0.5) is 16.0 Å². The van der Waals surface area contributed by atoms with Crippen molar-refractivity contribution in [2.45, 2.75) is 42.4 Å². The first kappa shape index (κ1) is 13.5. The van der Waals surface area contributed by atoms with Gasteiger partial charge >= 0.3 is 97.1 Å². The fourth-order valence-corrected chi connectivity index (χ4v) is 3.65. The van der Waals surface area contributed by atoms with Crippen LogP contribution in [0, 0.1) is 11.8 Å². The molecule has 1 aliphatic rings. The molecule has 0 aromatic rings. The molecule has 1 fully saturated rings. The van der Waals surface area contributed by atoms with Crippen molar-refractivity contribution < 1.29 is 42.9 Å². The van der Waals surface area contributed by atoms with Gasteiger partial charge in [0.05, 0.1) is 0 Å². The molecule has 1 rings (SSSR count). The molecule has 1 N–H and O–H groups in total. The van der Waals surface area contributed by atoms with Crippen molar-refractivity contribution in [2.75, 3.05) is 0 Å². The Balaban J connectivity index is 2.89. The summed E-state index contributed by atoms with van der Waals surface area (Å²) in [6.45, 7) is 1.67. The first-order valence-electron chi connectivity index (χ1n) is 4.89. The minimum absolute atomic E-state index is 0.249. The average Bonchev–Trinajstić information content (AvgIpc) is 2.15. The second-order valence-corrected chi connectivity index (χ2v) is 6.16. The van der Waals surface area contributed by atoms with Crippen molar-refractivity contribution in [2.24, 2.45) is 11.8 Å². The van der Waals surface area contributed by atoms with E-state index in [-0.39, 0.29) is 12.3 Å². The summed E-state index contributed by atoms with van der Waals surface area (Å²) in [7, 11) is 0. The summed E-state index contributed by atoms with van der Waals surface area (Å²) >= 11 is -2.75. The number of hydrogen-bond acceptors (Lipinski definition) is 1. The quantitative estimate of drug-likeness (QED) is 0.427. The van der Waals surface area contributed by atoms with E-state index in [4.69, 9.17) is 0 Å². The summed E-state index contributed by atoms with van der Waals surface area (Å²) < 4.78 is 47.4. The van der Waals surface area contributed by atoms with E-state index in [0.717, 1.165) is 6.42 Å². The van der Waals surface area contributed by atoms with Gasteiger partial charge in [0, 0.05) is 0 Å². The zero-order valence-corrected chi connectivity index (χ0v) is 10.5. The number of alkyl halides is 4. The van der Waals surface area contributed by atoms with Gasteiger partial charge in [-0.1, -0.05) is 0 Å². The molecular formula is C9H14F4IO-. The van der Waals surface area contributed by atoms with Crippen molar-refractivity contribution in [3.05, 3.63) is 0 Å². The molecule has 0 aliphatic heterocycles. The number of halogens is 5. The van der Waals surface area contributed by atoms with Crippen LogP contribution in [0.3, 0.4) is 0 Å². The molecule has 1 aliphatic carbocycles. The third kappa shape index (κ3) is 2.57. The number of hydrogen-bond donors (Lipinski definition) is 1. The van der Waals surface area contributed by atoms with Gasteiger partial charge in [0.15, 0.2) is 0 Å². The topological polar surface area (TPSA) is 20.2 Å². The molecule has 0 aromatic heterocycles. The van der Waals surface area contributed by atoms with E-state index in [0.29, 0.717) is 12.8 Å². The van der Waals surface area contributed by atoms with Crippen LogP contribution in [0.25, 0.3) is 0 Å². The molecule has 0 radical (unpaired) electrons. The molecule has 6 heteroatoms. The van der Waals surface area contributed by atoms with E-state index in [2.05, 4.69) is 0 Å². The second-order valence-electron chi connectivity index (χ2n) is 4.11.